The molecule has 2 saturated carbocycles. The molecular weight excluding hydrogens is 216 g/mol. The molecule has 0 aromatic rings. The van der Waals surface area contributed by atoms with Crippen LogP contribution in [0, 0.1) is 5.41 Å². The van der Waals surface area contributed by atoms with Gasteiger partial charge < -0.3 is 14.6 Å². The molecule has 0 aromatic heterocycles. The molecule has 0 radical (unpaired) electrons. The Labute approximate surface area is 104 Å². The van der Waals surface area contributed by atoms with Gasteiger partial charge >= 0.3 is 0 Å². The molecule has 3 heteroatoms. The predicted octanol–water partition coefficient (Wildman–Crippen LogP) is 2.51. The number of rotatable bonds is 4. The normalized spacial score (nSPS) is 34.1. The first-order valence-electron chi connectivity index (χ1n) is 7.01. The number of methoxy groups -OCH3 is 1. The van der Waals surface area contributed by atoms with Gasteiger partial charge in [-0.3, -0.25) is 0 Å². The zero-order chi connectivity index (χ0) is 12.3. The van der Waals surface area contributed by atoms with Crippen LogP contribution in [0.2, 0.25) is 0 Å². The van der Waals surface area contributed by atoms with Gasteiger partial charge in [-0.1, -0.05) is 25.7 Å². The lowest BCUT2D eigenvalue weighted by atomic mass is 9.59. The molecule has 0 bridgehead atoms. The van der Waals surface area contributed by atoms with E-state index in [9.17, 15) is 5.11 Å². The SMILES string of the molecule is COCC(C)OC1CC(O)C12CCCCCC2. The molecule has 1 N–H and O–H groups in total. The maximum absolute atomic E-state index is 10.2. The van der Waals surface area contributed by atoms with Gasteiger partial charge in [0.25, 0.3) is 0 Å². The van der Waals surface area contributed by atoms with Gasteiger partial charge in [0, 0.05) is 18.9 Å². The maximum Gasteiger partial charge on any atom is 0.0784 e. The van der Waals surface area contributed by atoms with Crippen LogP contribution in [0.4, 0.5) is 0 Å². The molecule has 0 aliphatic heterocycles. The summed E-state index contributed by atoms with van der Waals surface area (Å²) >= 11 is 0. The molecule has 3 nitrogen and oxygen atoms in total. The van der Waals surface area contributed by atoms with E-state index >= 15 is 0 Å². The van der Waals surface area contributed by atoms with E-state index in [0.29, 0.717) is 6.61 Å². The summed E-state index contributed by atoms with van der Waals surface area (Å²) in [5, 5.41) is 10.2. The first-order valence-corrected chi connectivity index (χ1v) is 7.01. The number of ether oxygens (including phenoxy) is 2. The van der Waals surface area contributed by atoms with Crippen molar-refractivity contribution in [2.24, 2.45) is 5.41 Å². The fourth-order valence-corrected chi connectivity index (χ4v) is 3.51. The smallest absolute Gasteiger partial charge is 0.0784 e. The molecule has 0 aromatic carbocycles. The highest BCUT2D eigenvalue weighted by Gasteiger charge is 2.54. The Balaban J connectivity index is 1.93. The molecule has 3 unspecified atom stereocenters. The van der Waals surface area contributed by atoms with Crippen molar-refractivity contribution in [1.29, 1.82) is 0 Å². The highest BCUT2D eigenvalue weighted by molar-refractivity contribution is 5.04. The molecule has 100 valence electrons. The van der Waals surface area contributed by atoms with Gasteiger partial charge in [-0.2, -0.15) is 0 Å². The fraction of sp³-hybridized carbons (Fsp3) is 1.00. The second kappa shape index (κ2) is 5.68. The van der Waals surface area contributed by atoms with Gasteiger partial charge in [0.05, 0.1) is 24.9 Å². The van der Waals surface area contributed by atoms with Crippen LogP contribution in [0.1, 0.15) is 51.9 Å². The van der Waals surface area contributed by atoms with Gasteiger partial charge in [-0.05, 0) is 19.8 Å². The average molecular weight is 242 g/mol. The second-order valence-electron chi connectivity index (χ2n) is 5.79. The van der Waals surface area contributed by atoms with E-state index in [2.05, 4.69) is 6.92 Å². The minimum Gasteiger partial charge on any atom is -0.392 e. The molecule has 0 heterocycles. The van der Waals surface area contributed by atoms with Crippen LogP contribution in [-0.4, -0.2) is 37.1 Å². The topological polar surface area (TPSA) is 38.7 Å². The third-order valence-corrected chi connectivity index (χ3v) is 4.57. The zero-order valence-electron chi connectivity index (χ0n) is 11.2. The maximum atomic E-state index is 10.2. The zero-order valence-corrected chi connectivity index (χ0v) is 11.2. The minimum atomic E-state index is -0.139. The standard InChI is InChI=1S/C14H26O3/c1-11(10-16-2)17-13-9-12(15)14(13)7-5-3-4-6-8-14/h11-13,15H,3-10H2,1-2H3. The van der Waals surface area contributed by atoms with Crippen molar-refractivity contribution in [3.8, 4) is 0 Å². The summed E-state index contributed by atoms with van der Waals surface area (Å²) in [6.45, 7) is 2.70. The molecule has 0 saturated heterocycles. The number of aliphatic hydroxyl groups is 1. The van der Waals surface area contributed by atoms with E-state index in [1.165, 1.54) is 25.7 Å². The van der Waals surface area contributed by atoms with Crippen LogP contribution >= 0.6 is 0 Å². The van der Waals surface area contributed by atoms with Crippen molar-refractivity contribution in [3.63, 3.8) is 0 Å². The monoisotopic (exact) mass is 242 g/mol. The number of hydrogen-bond donors (Lipinski definition) is 1. The summed E-state index contributed by atoms with van der Waals surface area (Å²) in [6.07, 6.45) is 8.46. The Hall–Kier alpha value is -0.120. The summed E-state index contributed by atoms with van der Waals surface area (Å²) in [4.78, 5) is 0. The summed E-state index contributed by atoms with van der Waals surface area (Å²) < 4.78 is 11.2. The molecule has 0 amide bonds. The molecule has 3 atom stereocenters. The largest absolute Gasteiger partial charge is 0.392 e. The third kappa shape index (κ3) is 2.67. The van der Waals surface area contributed by atoms with E-state index in [-0.39, 0.29) is 23.7 Å². The quantitative estimate of drug-likeness (QED) is 0.823. The van der Waals surface area contributed by atoms with Crippen molar-refractivity contribution in [2.45, 2.75) is 70.2 Å². The lowest BCUT2D eigenvalue weighted by Gasteiger charge is -2.54. The van der Waals surface area contributed by atoms with E-state index in [1.807, 2.05) is 0 Å². The summed E-state index contributed by atoms with van der Waals surface area (Å²) in [6, 6.07) is 0. The summed E-state index contributed by atoms with van der Waals surface area (Å²) in [5.74, 6) is 0. The van der Waals surface area contributed by atoms with Gasteiger partial charge in [-0.25, -0.2) is 0 Å². The van der Waals surface area contributed by atoms with Crippen LogP contribution in [0.3, 0.4) is 0 Å². The van der Waals surface area contributed by atoms with E-state index < -0.39 is 0 Å². The van der Waals surface area contributed by atoms with Gasteiger partial charge in [0.15, 0.2) is 0 Å². The Morgan fingerprint density at radius 1 is 1.24 bits per heavy atom. The molecule has 17 heavy (non-hydrogen) atoms. The van der Waals surface area contributed by atoms with Crippen molar-refractivity contribution in [2.75, 3.05) is 13.7 Å². The highest BCUT2D eigenvalue weighted by Crippen LogP contribution is 2.52. The average Bonchev–Trinajstić information content (AvgIpc) is 2.56. The molecule has 2 fully saturated rings. The first kappa shape index (κ1) is 13.3. The van der Waals surface area contributed by atoms with Gasteiger partial charge in [0.2, 0.25) is 0 Å². The van der Waals surface area contributed by atoms with Crippen LogP contribution in [0.15, 0.2) is 0 Å². The third-order valence-electron chi connectivity index (χ3n) is 4.57. The van der Waals surface area contributed by atoms with Crippen LogP contribution in [-0.2, 0) is 9.47 Å². The minimum absolute atomic E-state index is 0.0680. The lowest BCUT2D eigenvalue weighted by Crippen LogP contribution is -2.58. The Bertz CT molecular complexity index is 234. The van der Waals surface area contributed by atoms with Crippen molar-refractivity contribution >= 4 is 0 Å². The van der Waals surface area contributed by atoms with E-state index in [1.54, 1.807) is 7.11 Å². The lowest BCUT2D eigenvalue weighted by molar-refractivity contribution is -0.218. The number of hydrogen-bond acceptors (Lipinski definition) is 3. The number of aliphatic hydroxyl groups excluding tert-OH is 1. The molecular formula is C14H26O3. The van der Waals surface area contributed by atoms with Crippen molar-refractivity contribution < 1.29 is 14.6 Å². The fourth-order valence-electron chi connectivity index (χ4n) is 3.51. The Kier molecular flexibility index (Phi) is 4.45. The van der Waals surface area contributed by atoms with Gasteiger partial charge in [0.1, 0.15) is 0 Å². The summed E-state index contributed by atoms with van der Waals surface area (Å²) in [7, 11) is 1.71. The Morgan fingerprint density at radius 2 is 1.88 bits per heavy atom. The molecule has 1 spiro atoms. The van der Waals surface area contributed by atoms with Gasteiger partial charge in [-0.15, -0.1) is 0 Å². The van der Waals surface area contributed by atoms with Crippen LogP contribution in [0.5, 0.6) is 0 Å². The van der Waals surface area contributed by atoms with Crippen molar-refractivity contribution in [1.82, 2.24) is 0 Å². The van der Waals surface area contributed by atoms with Crippen LogP contribution in [0.25, 0.3) is 0 Å². The second-order valence-corrected chi connectivity index (χ2v) is 5.79. The predicted molar refractivity (Wildman–Crippen MR) is 67.0 cm³/mol. The van der Waals surface area contributed by atoms with E-state index in [0.717, 1.165) is 19.3 Å². The van der Waals surface area contributed by atoms with E-state index in [4.69, 9.17) is 9.47 Å². The van der Waals surface area contributed by atoms with Crippen LogP contribution < -0.4 is 0 Å². The molecule has 2 rings (SSSR count). The van der Waals surface area contributed by atoms with Crippen molar-refractivity contribution in [3.05, 3.63) is 0 Å². The molecule has 2 aliphatic rings. The summed E-state index contributed by atoms with van der Waals surface area (Å²) in [5.41, 5.74) is 0.0680. The first-order chi connectivity index (χ1) is 8.19. The highest BCUT2D eigenvalue weighted by atomic mass is 16.5. The molecule has 2 aliphatic carbocycles. The Morgan fingerprint density at radius 3 is 2.41 bits per heavy atom.